The SMILES string of the molecule is c1ccc(-c2ccc(-c3nc4ccccc4nc3-c3ccc(-c4cccc5oc6ccccc6c45)cc3)cc2)cc1.c1ccc(-c2cccc(-c3nc(-c4ccc(-c5cccc6oc7ccccc7c56)cc4)cc4ncccc34)c2)cc1.c1ccc(-c2nc(-c3ccccc3)c3cc(-c4cccc5oc6ccccc6c45)ccc3n2)cc1. The number of hydrogen-bond donors (Lipinski definition) is 0. The molecule has 0 radical (unpaired) electrons. The standard InChI is InChI=1S/2C38H24N2O.C32H20N2O/c1-2-9-25(10-3-1)26-17-21-28(22-18-26)37-38(40-33-14-6-5-13-32(33)39-37)29-23-19-27(20-24-29)30-12-8-16-35-36(30)31-11-4-7-15-34(31)41-35;1-2-9-25(10-3-1)28-11-6-12-29(23-28)38-31-15-8-22-39-34(31)24-33(40-38)27-20-18-26(19-21-27)30-14-7-17-36-37(30)32-13-4-5-16-35(32)41-36;1-3-10-21(11-4-1)31-26-20-23(18-19-27(26)33-32(34-31)22-12-5-2-6-13-22)24-15-9-17-29-30(24)25-14-7-8-16-28(25)35-29/h2*1-24H;1-20H. The van der Waals surface area contributed by atoms with Crippen LogP contribution in [0.2, 0.25) is 0 Å². The molecule has 0 amide bonds. The number of benzene rings is 16. The highest BCUT2D eigenvalue weighted by molar-refractivity contribution is 6.15. The normalized spacial score (nSPS) is 11.4. The fourth-order valence-corrected chi connectivity index (χ4v) is 16.3. The topological polar surface area (TPSA) is 117 Å². The van der Waals surface area contributed by atoms with Crippen molar-refractivity contribution >= 4 is 98.7 Å². The third-order valence-electron chi connectivity index (χ3n) is 21.9. The van der Waals surface area contributed by atoms with Crippen molar-refractivity contribution in [1.29, 1.82) is 0 Å². The number of hydrogen-bond acceptors (Lipinski definition) is 9. The van der Waals surface area contributed by atoms with Crippen LogP contribution >= 0.6 is 0 Å². The molecule has 0 N–H and O–H groups in total. The van der Waals surface area contributed by atoms with Crippen LogP contribution in [-0.2, 0) is 0 Å². The largest absolute Gasteiger partial charge is 0.456 e. The number of para-hydroxylation sites is 5. The van der Waals surface area contributed by atoms with Gasteiger partial charge in [0.05, 0.1) is 50.5 Å². The van der Waals surface area contributed by atoms with Gasteiger partial charge in [-0.1, -0.05) is 322 Å². The van der Waals surface area contributed by atoms with Gasteiger partial charge in [0.25, 0.3) is 0 Å². The summed E-state index contributed by atoms with van der Waals surface area (Å²) in [4.78, 5) is 30.1. The second-order valence-electron chi connectivity index (χ2n) is 29.1. The van der Waals surface area contributed by atoms with Crippen LogP contribution in [0.5, 0.6) is 0 Å². The fraction of sp³-hybridized carbons (Fsp3) is 0. The summed E-state index contributed by atoms with van der Waals surface area (Å²) in [5.74, 6) is 0.729. The number of nitrogens with zero attached hydrogens (tertiary/aromatic N) is 6. The second kappa shape index (κ2) is 30.0. The van der Waals surface area contributed by atoms with Crippen molar-refractivity contribution in [1.82, 2.24) is 29.9 Å². The molecule has 0 aliphatic heterocycles. The van der Waals surface area contributed by atoms with Gasteiger partial charge >= 0.3 is 0 Å². The van der Waals surface area contributed by atoms with Gasteiger partial charge in [-0.25, -0.2) is 24.9 Å². The van der Waals surface area contributed by atoms with E-state index >= 15 is 0 Å². The molecule has 548 valence electrons. The van der Waals surface area contributed by atoms with Crippen molar-refractivity contribution in [2.24, 2.45) is 0 Å². The molecule has 0 aliphatic carbocycles. The molecular formula is C108H68N6O3. The number of aromatic nitrogens is 6. The van der Waals surface area contributed by atoms with Crippen LogP contribution in [-0.4, -0.2) is 29.9 Å². The Labute approximate surface area is 673 Å². The van der Waals surface area contributed by atoms with Gasteiger partial charge in [0.15, 0.2) is 5.82 Å². The molecule has 0 aliphatic rings. The quantitative estimate of drug-likeness (QED) is 0.125. The Morgan fingerprint density at radius 2 is 0.538 bits per heavy atom. The van der Waals surface area contributed by atoms with Crippen LogP contribution in [0.4, 0.5) is 0 Å². The van der Waals surface area contributed by atoms with Gasteiger partial charge < -0.3 is 13.3 Å². The monoisotopic (exact) mass is 1500 g/mol. The van der Waals surface area contributed by atoms with E-state index in [2.05, 4.69) is 273 Å². The zero-order chi connectivity index (χ0) is 77.5. The Morgan fingerprint density at radius 1 is 0.171 bits per heavy atom. The number of rotatable bonds is 11. The van der Waals surface area contributed by atoms with Crippen molar-refractivity contribution in [3.8, 4) is 123 Å². The highest BCUT2D eigenvalue weighted by Crippen LogP contribution is 2.44. The molecule has 16 aromatic carbocycles. The first-order valence-corrected chi connectivity index (χ1v) is 39.2. The molecule has 0 fully saturated rings. The Hall–Kier alpha value is -15.8. The second-order valence-corrected chi connectivity index (χ2v) is 29.1. The molecule has 9 heteroatoms. The van der Waals surface area contributed by atoms with E-state index in [0.29, 0.717) is 0 Å². The Morgan fingerprint density at radius 3 is 1.07 bits per heavy atom. The minimum absolute atomic E-state index is 0.729. The first kappa shape index (κ1) is 69.1. The fourth-order valence-electron chi connectivity index (χ4n) is 16.3. The van der Waals surface area contributed by atoms with E-state index in [1.807, 2.05) is 140 Å². The summed E-state index contributed by atoms with van der Waals surface area (Å²) < 4.78 is 18.4. The minimum atomic E-state index is 0.729. The number of fused-ring (bicyclic) bond motifs is 12. The lowest BCUT2D eigenvalue weighted by Gasteiger charge is -2.12. The molecular weight excluding hydrogens is 1430 g/mol. The van der Waals surface area contributed by atoms with E-state index in [-0.39, 0.29) is 0 Å². The Balaban J connectivity index is 0.000000110. The van der Waals surface area contributed by atoms with Crippen molar-refractivity contribution in [2.45, 2.75) is 0 Å². The number of pyridine rings is 2. The van der Waals surface area contributed by atoms with Crippen molar-refractivity contribution in [2.75, 3.05) is 0 Å². The van der Waals surface area contributed by atoms with Crippen molar-refractivity contribution < 1.29 is 13.3 Å². The molecule has 0 atom stereocenters. The summed E-state index contributed by atoms with van der Waals surface area (Å²) in [5.41, 5.74) is 31.3. The molecule has 23 aromatic rings. The summed E-state index contributed by atoms with van der Waals surface area (Å²) in [7, 11) is 0. The maximum absolute atomic E-state index is 6.14. The van der Waals surface area contributed by atoms with E-state index in [0.717, 1.165) is 205 Å². The first-order valence-electron chi connectivity index (χ1n) is 39.2. The Bertz CT molecular complexity index is 7660. The summed E-state index contributed by atoms with van der Waals surface area (Å²) in [5, 5.41) is 8.86. The van der Waals surface area contributed by atoms with Crippen molar-refractivity contribution in [3.05, 3.63) is 413 Å². The molecule has 117 heavy (non-hydrogen) atoms. The summed E-state index contributed by atoms with van der Waals surface area (Å²) in [6.07, 6.45) is 1.84. The van der Waals surface area contributed by atoms with Crippen molar-refractivity contribution in [3.63, 3.8) is 0 Å². The van der Waals surface area contributed by atoms with Crippen LogP contribution in [0.15, 0.2) is 426 Å². The minimum Gasteiger partial charge on any atom is -0.456 e. The van der Waals surface area contributed by atoms with Crippen LogP contribution in [0, 0.1) is 0 Å². The molecule has 0 unspecified atom stereocenters. The Kier molecular flexibility index (Phi) is 17.7. The van der Waals surface area contributed by atoms with Gasteiger partial charge in [0.1, 0.15) is 33.5 Å². The van der Waals surface area contributed by atoms with Gasteiger partial charge in [-0.3, -0.25) is 4.98 Å². The van der Waals surface area contributed by atoms with Crippen LogP contribution in [0.25, 0.3) is 222 Å². The lowest BCUT2D eigenvalue weighted by molar-refractivity contribution is 0.668. The molecule has 0 saturated carbocycles. The molecule has 7 aromatic heterocycles. The number of furan rings is 3. The van der Waals surface area contributed by atoms with E-state index in [1.54, 1.807) is 0 Å². The lowest BCUT2D eigenvalue weighted by Crippen LogP contribution is -1.95. The third kappa shape index (κ3) is 13.2. The van der Waals surface area contributed by atoms with Gasteiger partial charge in [-0.2, -0.15) is 0 Å². The third-order valence-corrected chi connectivity index (χ3v) is 21.9. The summed E-state index contributed by atoms with van der Waals surface area (Å²) >= 11 is 0. The highest BCUT2D eigenvalue weighted by Gasteiger charge is 2.21. The van der Waals surface area contributed by atoms with Gasteiger partial charge in [-0.05, 0) is 141 Å². The maximum atomic E-state index is 6.14. The van der Waals surface area contributed by atoms with Gasteiger partial charge in [0, 0.05) is 82.7 Å². The summed E-state index contributed by atoms with van der Waals surface area (Å²) in [6, 6.07) is 140. The average Bonchev–Trinajstić information content (AvgIpc) is 1.75. The zero-order valence-electron chi connectivity index (χ0n) is 63.2. The van der Waals surface area contributed by atoms with E-state index in [1.165, 1.54) is 16.7 Å². The average molecular weight is 1500 g/mol. The predicted molar refractivity (Wildman–Crippen MR) is 480 cm³/mol. The van der Waals surface area contributed by atoms with Gasteiger partial charge in [0.2, 0.25) is 0 Å². The molecule has 9 nitrogen and oxygen atoms in total. The molecule has 0 saturated heterocycles. The van der Waals surface area contributed by atoms with Crippen LogP contribution < -0.4 is 0 Å². The van der Waals surface area contributed by atoms with Crippen LogP contribution in [0.1, 0.15) is 0 Å². The molecule has 7 heterocycles. The molecule has 0 spiro atoms. The smallest absolute Gasteiger partial charge is 0.160 e. The lowest BCUT2D eigenvalue weighted by atomic mass is 9.96. The van der Waals surface area contributed by atoms with E-state index < -0.39 is 0 Å². The molecule has 23 rings (SSSR count). The van der Waals surface area contributed by atoms with E-state index in [4.69, 9.17) is 43.2 Å². The maximum Gasteiger partial charge on any atom is 0.160 e. The molecule has 0 bridgehead atoms. The van der Waals surface area contributed by atoms with Gasteiger partial charge in [-0.15, -0.1) is 0 Å². The summed E-state index contributed by atoms with van der Waals surface area (Å²) in [6.45, 7) is 0. The van der Waals surface area contributed by atoms with Crippen LogP contribution in [0.3, 0.4) is 0 Å². The zero-order valence-corrected chi connectivity index (χ0v) is 63.2. The predicted octanol–water partition coefficient (Wildman–Crippen LogP) is 28.9. The highest BCUT2D eigenvalue weighted by atomic mass is 16.3. The first-order chi connectivity index (χ1) is 58.0. The van der Waals surface area contributed by atoms with E-state index in [9.17, 15) is 0 Å².